The van der Waals surface area contributed by atoms with E-state index in [0.717, 1.165) is 30.7 Å². The van der Waals surface area contributed by atoms with Crippen LogP contribution in [0.25, 0.3) is 0 Å². The molecule has 18 heavy (non-hydrogen) atoms. The van der Waals surface area contributed by atoms with Gasteiger partial charge in [0.15, 0.2) is 0 Å². The van der Waals surface area contributed by atoms with Crippen molar-refractivity contribution in [2.24, 2.45) is 29.4 Å². The SMILES string of the molecule is CCC(C)[C@H](N)C(=O)N(C)CC1CC2CCC1C2. The molecule has 104 valence electrons. The minimum atomic E-state index is -0.321. The molecular weight excluding hydrogens is 224 g/mol. The highest BCUT2D eigenvalue weighted by molar-refractivity contribution is 5.81. The van der Waals surface area contributed by atoms with Crippen molar-refractivity contribution in [3.8, 4) is 0 Å². The second-order valence-electron chi connectivity index (χ2n) is 6.57. The fourth-order valence-corrected chi connectivity index (χ4v) is 3.79. The third kappa shape index (κ3) is 2.71. The van der Waals surface area contributed by atoms with Gasteiger partial charge in [-0.1, -0.05) is 26.7 Å². The van der Waals surface area contributed by atoms with E-state index in [1.807, 2.05) is 11.9 Å². The van der Waals surface area contributed by atoms with E-state index in [2.05, 4.69) is 13.8 Å². The Balaban J connectivity index is 1.84. The Bertz CT molecular complexity index is 305. The molecule has 0 heterocycles. The summed E-state index contributed by atoms with van der Waals surface area (Å²) in [5.41, 5.74) is 6.03. The van der Waals surface area contributed by atoms with Crippen LogP contribution in [0.4, 0.5) is 0 Å². The minimum Gasteiger partial charge on any atom is -0.344 e. The first-order valence-electron chi connectivity index (χ1n) is 7.53. The Morgan fingerprint density at radius 3 is 2.61 bits per heavy atom. The van der Waals surface area contributed by atoms with Gasteiger partial charge in [-0.15, -0.1) is 0 Å². The van der Waals surface area contributed by atoms with Crippen LogP contribution in [0.2, 0.25) is 0 Å². The van der Waals surface area contributed by atoms with Gasteiger partial charge in [0.05, 0.1) is 6.04 Å². The summed E-state index contributed by atoms with van der Waals surface area (Å²) in [4.78, 5) is 14.1. The fraction of sp³-hybridized carbons (Fsp3) is 0.933. The van der Waals surface area contributed by atoms with E-state index in [1.165, 1.54) is 25.7 Å². The van der Waals surface area contributed by atoms with Gasteiger partial charge >= 0.3 is 0 Å². The number of likely N-dealkylation sites (N-methyl/N-ethyl adjacent to an activating group) is 1. The monoisotopic (exact) mass is 252 g/mol. The quantitative estimate of drug-likeness (QED) is 0.816. The summed E-state index contributed by atoms with van der Waals surface area (Å²) in [5.74, 6) is 2.98. The molecule has 5 atom stereocenters. The second kappa shape index (κ2) is 5.60. The normalized spacial score (nSPS) is 33.4. The lowest BCUT2D eigenvalue weighted by molar-refractivity contribution is -0.133. The largest absolute Gasteiger partial charge is 0.344 e. The standard InChI is InChI=1S/C15H28N2O/c1-4-10(2)14(16)15(18)17(3)9-13-8-11-5-6-12(13)7-11/h10-14H,4-9,16H2,1-3H3/t10?,11?,12?,13?,14-/m0/s1. The molecule has 0 aliphatic heterocycles. The molecule has 1 amide bonds. The van der Waals surface area contributed by atoms with Crippen LogP contribution >= 0.6 is 0 Å². The molecule has 3 heteroatoms. The Hall–Kier alpha value is -0.570. The van der Waals surface area contributed by atoms with Gasteiger partial charge in [-0.05, 0) is 42.9 Å². The third-order valence-electron chi connectivity index (χ3n) is 5.31. The first-order valence-corrected chi connectivity index (χ1v) is 7.53. The molecule has 2 rings (SSSR count). The molecule has 0 spiro atoms. The van der Waals surface area contributed by atoms with Crippen LogP contribution in [0.1, 0.15) is 46.0 Å². The van der Waals surface area contributed by atoms with Gasteiger partial charge in [-0.3, -0.25) is 4.79 Å². The van der Waals surface area contributed by atoms with Gasteiger partial charge in [0, 0.05) is 13.6 Å². The molecule has 2 N–H and O–H groups in total. The molecule has 2 fully saturated rings. The van der Waals surface area contributed by atoms with Crippen molar-refractivity contribution in [3.05, 3.63) is 0 Å². The maximum atomic E-state index is 12.2. The summed E-state index contributed by atoms with van der Waals surface area (Å²) < 4.78 is 0. The summed E-state index contributed by atoms with van der Waals surface area (Å²) in [6.45, 7) is 5.08. The molecule has 0 aromatic carbocycles. The average Bonchev–Trinajstić information content (AvgIpc) is 2.98. The smallest absolute Gasteiger partial charge is 0.239 e. The van der Waals surface area contributed by atoms with E-state index < -0.39 is 0 Å². The summed E-state index contributed by atoms with van der Waals surface area (Å²) in [6, 6.07) is -0.321. The van der Waals surface area contributed by atoms with Crippen LogP contribution in [0.5, 0.6) is 0 Å². The highest BCUT2D eigenvalue weighted by Crippen LogP contribution is 2.48. The number of fused-ring (bicyclic) bond motifs is 2. The summed E-state index contributed by atoms with van der Waals surface area (Å²) in [7, 11) is 1.93. The highest BCUT2D eigenvalue weighted by Gasteiger charge is 2.40. The van der Waals surface area contributed by atoms with Gasteiger partial charge in [0.1, 0.15) is 0 Å². The molecule has 2 aliphatic rings. The Morgan fingerprint density at radius 1 is 1.39 bits per heavy atom. The lowest BCUT2D eigenvalue weighted by Crippen LogP contribution is -2.47. The topological polar surface area (TPSA) is 46.3 Å². The average molecular weight is 252 g/mol. The van der Waals surface area contributed by atoms with Crippen molar-refractivity contribution in [2.75, 3.05) is 13.6 Å². The summed E-state index contributed by atoms with van der Waals surface area (Å²) in [6.07, 6.45) is 6.51. The predicted molar refractivity (Wildman–Crippen MR) is 74.0 cm³/mol. The van der Waals surface area contributed by atoms with Gasteiger partial charge in [-0.25, -0.2) is 0 Å². The van der Waals surface area contributed by atoms with Crippen LogP contribution < -0.4 is 5.73 Å². The molecule has 0 aromatic heterocycles. The van der Waals surface area contributed by atoms with Gasteiger partial charge in [0.25, 0.3) is 0 Å². The van der Waals surface area contributed by atoms with E-state index in [-0.39, 0.29) is 17.9 Å². The zero-order chi connectivity index (χ0) is 13.3. The lowest BCUT2D eigenvalue weighted by Gasteiger charge is -2.30. The first-order chi connectivity index (χ1) is 8.52. The number of hydrogen-bond acceptors (Lipinski definition) is 2. The predicted octanol–water partition coefficient (Wildman–Crippen LogP) is 2.25. The molecule has 3 nitrogen and oxygen atoms in total. The van der Waals surface area contributed by atoms with Crippen molar-refractivity contribution < 1.29 is 4.79 Å². The van der Waals surface area contributed by atoms with Crippen LogP contribution in [0, 0.1) is 23.7 Å². The first kappa shape index (κ1) is 13.9. The Kier molecular flexibility index (Phi) is 4.31. The number of rotatable bonds is 5. The molecule has 0 radical (unpaired) electrons. The van der Waals surface area contributed by atoms with Crippen LogP contribution in [-0.4, -0.2) is 30.4 Å². The Morgan fingerprint density at radius 2 is 2.11 bits per heavy atom. The van der Waals surface area contributed by atoms with Gasteiger partial charge in [0.2, 0.25) is 5.91 Å². The number of nitrogens with two attached hydrogens (primary N) is 1. The maximum Gasteiger partial charge on any atom is 0.239 e. The van der Waals surface area contributed by atoms with Crippen molar-refractivity contribution >= 4 is 5.91 Å². The molecule has 2 aliphatic carbocycles. The number of amides is 1. The minimum absolute atomic E-state index is 0.132. The van der Waals surface area contributed by atoms with E-state index >= 15 is 0 Å². The number of hydrogen-bond donors (Lipinski definition) is 1. The molecule has 4 unspecified atom stereocenters. The van der Waals surface area contributed by atoms with Gasteiger partial charge < -0.3 is 10.6 Å². The molecule has 0 aromatic rings. The van der Waals surface area contributed by atoms with Crippen molar-refractivity contribution in [3.63, 3.8) is 0 Å². The van der Waals surface area contributed by atoms with E-state index in [1.54, 1.807) is 0 Å². The summed E-state index contributed by atoms with van der Waals surface area (Å²) >= 11 is 0. The van der Waals surface area contributed by atoms with E-state index in [4.69, 9.17) is 5.73 Å². The molecule has 2 bridgehead atoms. The number of carbonyl (C=O) groups excluding carboxylic acids is 1. The number of nitrogens with zero attached hydrogens (tertiary/aromatic N) is 1. The highest BCUT2D eigenvalue weighted by atomic mass is 16.2. The zero-order valence-electron chi connectivity index (χ0n) is 12.1. The van der Waals surface area contributed by atoms with Crippen molar-refractivity contribution in [1.82, 2.24) is 4.90 Å². The van der Waals surface area contributed by atoms with E-state index in [0.29, 0.717) is 0 Å². The van der Waals surface area contributed by atoms with Crippen molar-refractivity contribution in [1.29, 1.82) is 0 Å². The maximum absolute atomic E-state index is 12.2. The Labute approximate surface area is 111 Å². The third-order valence-corrected chi connectivity index (χ3v) is 5.31. The molecule has 2 saturated carbocycles. The fourth-order valence-electron chi connectivity index (χ4n) is 3.79. The molecule has 0 saturated heterocycles. The molecular formula is C15H28N2O. The van der Waals surface area contributed by atoms with Crippen LogP contribution in [0.3, 0.4) is 0 Å². The van der Waals surface area contributed by atoms with Crippen LogP contribution in [-0.2, 0) is 4.79 Å². The van der Waals surface area contributed by atoms with E-state index in [9.17, 15) is 4.79 Å². The van der Waals surface area contributed by atoms with Crippen molar-refractivity contribution in [2.45, 2.75) is 52.0 Å². The van der Waals surface area contributed by atoms with Gasteiger partial charge in [-0.2, -0.15) is 0 Å². The zero-order valence-corrected chi connectivity index (χ0v) is 12.1. The lowest BCUT2D eigenvalue weighted by atomic mass is 9.88. The van der Waals surface area contributed by atoms with Crippen LogP contribution in [0.15, 0.2) is 0 Å². The summed E-state index contributed by atoms with van der Waals surface area (Å²) in [5, 5.41) is 0. The second-order valence-corrected chi connectivity index (χ2v) is 6.57. The number of carbonyl (C=O) groups is 1.